The third kappa shape index (κ3) is 0.863. The van der Waals surface area contributed by atoms with Crippen LogP contribution in [0.1, 0.15) is 5.69 Å². The van der Waals surface area contributed by atoms with E-state index in [2.05, 4.69) is 15.5 Å². The van der Waals surface area contributed by atoms with Crippen LogP contribution in [0.15, 0.2) is 6.20 Å². The Hall–Kier alpha value is -1.03. The molecule has 2 heterocycles. The van der Waals surface area contributed by atoms with Crippen molar-refractivity contribution < 1.29 is 4.74 Å². The third-order valence-electron chi connectivity index (χ3n) is 1.52. The van der Waals surface area contributed by atoms with Gasteiger partial charge in [-0.3, -0.25) is 5.10 Å². The summed E-state index contributed by atoms with van der Waals surface area (Å²) < 4.78 is 5.33. The minimum absolute atomic E-state index is 0.729. The van der Waals surface area contributed by atoms with Crippen molar-refractivity contribution in [2.75, 3.05) is 13.2 Å². The van der Waals surface area contributed by atoms with Crippen LogP contribution in [0.5, 0.6) is 5.75 Å². The molecule has 4 nitrogen and oxygen atoms in total. The SMILES string of the molecule is c1n[nH]c2c1OCCNC2. The molecule has 0 atom stereocenters. The molecule has 4 heteroatoms. The fourth-order valence-electron chi connectivity index (χ4n) is 0.999. The third-order valence-corrected chi connectivity index (χ3v) is 1.52. The van der Waals surface area contributed by atoms with Gasteiger partial charge in [0, 0.05) is 13.1 Å². The van der Waals surface area contributed by atoms with E-state index in [9.17, 15) is 0 Å². The molecule has 10 heavy (non-hydrogen) atoms. The number of nitrogens with zero attached hydrogens (tertiary/aromatic N) is 1. The number of nitrogens with one attached hydrogen (secondary N) is 2. The first-order valence-electron chi connectivity index (χ1n) is 3.32. The average Bonchev–Trinajstić information content (AvgIpc) is 2.28. The first kappa shape index (κ1) is 5.73. The van der Waals surface area contributed by atoms with E-state index in [1.807, 2.05) is 0 Å². The van der Waals surface area contributed by atoms with Gasteiger partial charge in [-0.15, -0.1) is 0 Å². The molecule has 0 amide bonds. The number of fused-ring (bicyclic) bond motifs is 1. The van der Waals surface area contributed by atoms with Crippen LogP contribution < -0.4 is 10.1 Å². The normalized spacial score (nSPS) is 17.2. The van der Waals surface area contributed by atoms with E-state index in [4.69, 9.17) is 4.74 Å². The van der Waals surface area contributed by atoms with Gasteiger partial charge >= 0.3 is 0 Å². The minimum Gasteiger partial charge on any atom is -0.489 e. The van der Waals surface area contributed by atoms with Crippen LogP contribution in [0.2, 0.25) is 0 Å². The van der Waals surface area contributed by atoms with Crippen LogP contribution in [0.25, 0.3) is 0 Å². The van der Waals surface area contributed by atoms with Crippen molar-refractivity contribution in [3.05, 3.63) is 11.9 Å². The number of aromatic nitrogens is 2. The lowest BCUT2D eigenvalue weighted by Gasteiger charge is -1.96. The summed E-state index contributed by atoms with van der Waals surface area (Å²) in [4.78, 5) is 0. The summed E-state index contributed by atoms with van der Waals surface area (Å²) in [6.45, 7) is 2.46. The fraction of sp³-hybridized carbons (Fsp3) is 0.500. The lowest BCUT2D eigenvalue weighted by atomic mass is 10.4. The van der Waals surface area contributed by atoms with Gasteiger partial charge in [0.25, 0.3) is 0 Å². The number of H-pyrrole nitrogens is 1. The van der Waals surface area contributed by atoms with E-state index >= 15 is 0 Å². The van der Waals surface area contributed by atoms with Gasteiger partial charge < -0.3 is 10.1 Å². The standard InChI is InChI=1S/C6H9N3O/c1-2-10-6-4-8-9-5(6)3-7-1/h4,7H,1-3H2,(H,8,9). The molecule has 0 fully saturated rings. The predicted octanol–water partition coefficient (Wildman–Crippen LogP) is -0.108. The van der Waals surface area contributed by atoms with Crippen LogP contribution >= 0.6 is 0 Å². The second-order valence-electron chi connectivity index (χ2n) is 2.24. The summed E-state index contributed by atoms with van der Waals surface area (Å²) in [5, 5.41) is 9.91. The molecule has 54 valence electrons. The molecule has 0 saturated carbocycles. The van der Waals surface area contributed by atoms with Crippen LogP contribution in [0, 0.1) is 0 Å². The summed E-state index contributed by atoms with van der Waals surface area (Å²) in [6.07, 6.45) is 1.71. The molecule has 0 radical (unpaired) electrons. The zero-order valence-electron chi connectivity index (χ0n) is 5.55. The van der Waals surface area contributed by atoms with E-state index in [1.165, 1.54) is 0 Å². The first-order chi connectivity index (χ1) is 4.97. The summed E-state index contributed by atoms with van der Waals surface area (Å²) in [5.74, 6) is 0.880. The van der Waals surface area contributed by atoms with Crippen molar-refractivity contribution >= 4 is 0 Å². The monoisotopic (exact) mass is 139 g/mol. The molecule has 1 aliphatic heterocycles. The van der Waals surface area contributed by atoms with Gasteiger partial charge in [-0.1, -0.05) is 0 Å². The minimum atomic E-state index is 0.729. The maximum atomic E-state index is 5.33. The van der Waals surface area contributed by atoms with E-state index < -0.39 is 0 Å². The number of hydrogen-bond donors (Lipinski definition) is 2. The van der Waals surface area contributed by atoms with Gasteiger partial charge in [0.05, 0.1) is 11.9 Å². The second-order valence-corrected chi connectivity index (χ2v) is 2.24. The summed E-state index contributed by atoms with van der Waals surface area (Å²) >= 11 is 0. The zero-order chi connectivity index (χ0) is 6.81. The Kier molecular flexibility index (Phi) is 1.32. The van der Waals surface area contributed by atoms with Crippen LogP contribution in [0.4, 0.5) is 0 Å². The maximum absolute atomic E-state index is 5.33. The van der Waals surface area contributed by atoms with Crippen molar-refractivity contribution in [3.8, 4) is 5.75 Å². The van der Waals surface area contributed by atoms with Crippen molar-refractivity contribution in [1.82, 2.24) is 15.5 Å². The smallest absolute Gasteiger partial charge is 0.161 e. The molecule has 1 aliphatic rings. The van der Waals surface area contributed by atoms with Crippen molar-refractivity contribution in [2.45, 2.75) is 6.54 Å². The van der Waals surface area contributed by atoms with Crippen molar-refractivity contribution in [3.63, 3.8) is 0 Å². The number of ether oxygens (including phenoxy) is 1. The van der Waals surface area contributed by atoms with Gasteiger partial charge in [0.2, 0.25) is 0 Å². The molecular formula is C6H9N3O. The molecule has 2 rings (SSSR count). The molecule has 0 saturated heterocycles. The first-order valence-corrected chi connectivity index (χ1v) is 3.32. The fourth-order valence-corrected chi connectivity index (χ4v) is 0.999. The Morgan fingerprint density at radius 3 is 3.60 bits per heavy atom. The topological polar surface area (TPSA) is 49.9 Å². The lowest BCUT2D eigenvalue weighted by molar-refractivity contribution is 0.326. The highest BCUT2D eigenvalue weighted by atomic mass is 16.5. The highest BCUT2D eigenvalue weighted by molar-refractivity contribution is 5.24. The van der Waals surface area contributed by atoms with Crippen LogP contribution in [0.3, 0.4) is 0 Å². The molecule has 0 bridgehead atoms. The van der Waals surface area contributed by atoms with E-state index in [-0.39, 0.29) is 0 Å². The highest BCUT2D eigenvalue weighted by Gasteiger charge is 2.08. The van der Waals surface area contributed by atoms with Gasteiger partial charge in [-0.2, -0.15) is 5.10 Å². The molecule has 0 unspecified atom stereocenters. The molecule has 0 aliphatic carbocycles. The van der Waals surface area contributed by atoms with Gasteiger partial charge in [0.15, 0.2) is 5.75 Å². The van der Waals surface area contributed by atoms with E-state index in [0.717, 1.165) is 31.1 Å². The molecule has 0 spiro atoms. The van der Waals surface area contributed by atoms with Crippen molar-refractivity contribution in [1.29, 1.82) is 0 Å². The zero-order valence-corrected chi connectivity index (χ0v) is 5.55. The summed E-state index contributed by atoms with van der Waals surface area (Å²) in [7, 11) is 0. The van der Waals surface area contributed by atoms with Gasteiger partial charge in [-0.25, -0.2) is 0 Å². The highest BCUT2D eigenvalue weighted by Crippen LogP contribution is 2.15. The quantitative estimate of drug-likeness (QED) is 0.527. The summed E-state index contributed by atoms with van der Waals surface area (Å²) in [5.41, 5.74) is 1.04. The molecule has 1 aromatic heterocycles. The van der Waals surface area contributed by atoms with Gasteiger partial charge in [0.1, 0.15) is 6.61 Å². The van der Waals surface area contributed by atoms with E-state index in [0.29, 0.717) is 0 Å². The van der Waals surface area contributed by atoms with Crippen LogP contribution in [-0.2, 0) is 6.54 Å². The number of hydrogen-bond acceptors (Lipinski definition) is 3. The number of rotatable bonds is 0. The maximum Gasteiger partial charge on any atom is 0.161 e. The molecule has 0 aromatic carbocycles. The largest absolute Gasteiger partial charge is 0.489 e. The summed E-state index contributed by atoms with van der Waals surface area (Å²) in [6, 6.07) is 0. The molecule has 2 N–H and O–H groups in total. The Morgan fingerprint density at radius 2 is 2.60 bits per heavy atom. The van der Waals surface area contributed by atoms with E-state index in [1.54, 1.807) is 6.20 Å². The average molecular weight is 139 g/mol. The Bertz CT molecular complexity index is 200. The predicted molar refractivity (Wildman–Crippen MR) is 35.8 cm³/mol. The molecule has 1 aromatic rings. The lowest BCUT2D eigenvalue weighted by Crippen LogP contribution is -2.16. The van der Waals surface area contributed by atoms with Gasteiger partial charge in [-0.05, 0) is 0 Å². The van der Waals surface area contributed by atoms with Crippen molar-refractivity contribution in [2.24, 2.45) is 0 Å². The Labute approximate surface area is 58.6 Å². The van der Waals surface area contributed by atoms with Crippen LogP contribution in [-0.4, -0.2) is 23.3 Å². The molecular weight excluding hydrogens is 130 g/mol. The second kappa shape index (κ2) is 2.30. The Balaban J connectivity index is 2.28. The number of aromatic amines is 1. The Morgan fingerprint density at radius 1 is 1.60 bits per heavy atom.